The Morgan fingerprint density at radius 2 is 2.09 bits per heavy atom. The van der Waals surface area contributed by atoms with Gasteiger partial charge in [0.05, 0.1) is 5.39 Å². The quantitative estimate of drug-likeness (QED) is 0.882. The smallest absolute Gasteiger partial charge is 0.263 e. The second kappa shape index (κ2) is 7.01. The van der Waals surface area contributed by atoms with Crippen LogP contribution in [-0.2, 0) is 19.4 Å². The summed E-state index contributed by atoms with van der Waals surface area (Å²) in [6.07, 6.45) is 5.49. The SMILES string of the molecule is CCCn1c(NCCN(C)C)nc2sc3c(c2c1=O)CCCC3. The molecule has 0 bridgehead atoms. The maximum Gasteiger partial charge on any atom is 0.263 e. The summed E-state index contributed by atoms with van der Waals surface area (Å²) in [6, 6.07) is 0. The Hall–Kier alpha value is -1.40. The van der Waals surface area contributed by atoms with Crippen molar-refractivity contribution in [2.24, 2.45) is 0 Å². The standard InChI is InChI=1S/C17H26N4OS/c1-4-10-21-16(22)14-12-7-5-6-8-13(12)23-15(14)19-17(21)18-9-11-20(2)3/h4-11H2,1-3H3,(H,18,19). The Morgan fingerprint density at radius 3 is 2.83 bits per heavy atom. The van der Waals surface area contributed by atoms with E-state index in [4.69, 9.17) is 4.98 Å². The molecule has 0 atom stereocenters. The van der Waals surface area contributed by atoms with Crippen LogP contribution in [0.25, 0.3) is 10.2 Å². The van der Waals surface area contributed by atoms with E-state index in [2.05, 4.69) is 17.1 Å². The zero-order valence-electron chi connectivity index (χ0n) is 14.3. The number of rotatable bonds is 6. The number of hydrogen-bond acceptors (Lipinski definition) is 5. The molecule has 0 radical (unpaired) electrons. The first kappa shape index (κ1) is 16.5. The minimum Gasteiger partial charge on any atom is -0.354 e. The second-order valence-corrected chi connectivity index (χ2v) is 7.60. The van der Waals surface area contributed by atoms with Gasteiger partial charge in [-0.15, -0.1) is 11.3 Å². The lowest BCUT2D eigenvalue weighted by molar-refractivity contribution is 0.424. The molecule has 1 aliphatic rings. The van der Waals surface area contributed by atoms with Gasteiger partial charge in [0.2, 0.25) is 5.95 Å². The van der Waals surface area contributed by atoms with E-state index < -0.39 is 0 Å². The van der Waals surface area contributed by atoms with Gasteiger partial charge in [0.15, 0.2) is 0 Å². The number of aromatic nitrogens is 2. The molecule has 23 heavy (non-hydrogen) atoms. The van der Waals surface area contributed by atoms with Crippen LogP contribution in [0.1, 0.15) is 36.6 Å². The fourth-order valence-electron chi connectivity index (χ4n) is 3.20. The highest BCUT2D eigenvalue weighted by Gasteiger charge is 2.21. The second-order valence-electron chi connectivity index (χ2n) is 6.51. The first-order chi connectivity index (χ1) is 11.1. The molecule has 0 amide bonds. The van der Waals surface area contributed by atoms with E-state index in [0.717, 1.165) is 55.1 Å². The molecule has 0 saturated heterocycles. The van der Waals surface area contributed by atoms with Crippen molar-refractivity contribution in [3.05, 3.63) is 20.8 Å². The summed E-state index contributed by atoms with van der Waals surface area (Å²) in [5, 5.41) is 4.25. The van der Waals surface area contributed by atoms with E-state index in [1.807, 2.05) is 18.7 Å². The summed E-state index contributed by atoms with van der Waals surface area (Å²) in [6.45, 7) is 4.53. The van der Waals surface area contributed by atoms with Gasteiger partial charge in [-0.2, -0.15) is 0 Å². The summed E-state index contributed by atoms with van der Waals surface area (Å²) in [4.78, 5) is 22.3. The van der Waals surface area contributed by atoms with Crippen molar-refractivity contribution in [2.45, 2.75) is 45.6 Å². The first-order valence-electron chi connectivity index (χ1n) is 8.55. The third-order valence-electron chi connectivity index (χ3n) is 4.36. The van der Waals surface area contributed by atoms with Crippen molar-refractivity contribution in [3.63, 3.8) is 0 Å². The Bertz CT molecular complexity index is 747. The molecule has 0 spiro atoms. The van der Waals surface area contributed by atoms with Crippen molar-refractivity contribution < 1.29 is 0 Å². The third kappa shape index (κ3) is 3.28. The van der Waals surface area contributed by atoms with Crippen molar-refractivity contribution in [1.29, 1.82) is 0 Å². The maximum absolute atomic E-state index is 13.0. The highest BCUT2D eigenvalue weighted by molar-refractivity contribution is 7.18. The molecule has 1 N–H and O–H groups in total. The summed E-state index contributed by atoms with van der Waals surface area (Å²) in [7, 11) is 4.09. The van der Waals surface area contributed by atoms with Gasteiger partial charge in [-0.25, -0.2) is 4.98 Å². The Kier molecular flexibility index (Phi) is 5.02. The van der Waals surface area contributed by atoms with Crippen LogP contribution < -0.4 is 10.9 Å². The number of likely N-dealkylation sites (N-methyl/N-ethyl adjacent to an activating group) is 1. The molecule has 126 valence electrons. The number of thiophene rings is 1. The zero-order valence-corrected chi connectivity index (χ0v) is 15.1. The Balaban J connectivity index is 2.05. The summed E-state index contributed by atoms with van der Waals surface area (Å²) in [5.41, 5.74) is 1.42. The minimum absolute atomic E-state index is 0.142. The number of anilines is 1. The van der Waals surface area contributed by atoms with Crippen molar-refractivity contribution >= 4 is 27.5 Å². The lowest BCUT2D eigenvalue weighted by Gasteiger charge is -2.15. The topological polar surface area (TPSA) is 50.2 Å². The fourth-order valence-corrected chi connectivity index (χ4v) is 4.45. The number of hydrogen-bond donors (Lipinski definition) is 1. The molecule has 0 saturated carbocycles. The molecule has 3 rings (SSSR count). The summed E-state index contributed by atoms with van der Waals surface area (Å²) in [5.74, 6) is 0.727. The van der Waals surface area contributed by atoms with Gasteiger partial charge in [-0.3, -0.25) is 9.36 Å². The predicted molar refractivity (Wildman–Crippen MR) is 97.9 cm³/mol. The molecule has 6 heteroatoms. The average Bonchev–Trinajstić information content (AvgIpc) is 2.89. The van der Waals surface area contributed by atoms with Gasteiger partial charge in [-0.05, 0) is 51.8 Å². The van der Waals surface area contributed by atoms with Gasteiger partial charge in [-0.1, -0.05) is 6.92 Å². The molecule has 5 nitrogen and oxygen atoms in total. The molecule has 2 heterocycles. The maximum atomic E-state index is 13.0. The molecular formula is C17H26N4OS. The predicted octanol–water partition coefficient (Wildman–Crippen LogP) is 2.72. The summed E-state index contributed by atoms with van der Waals surface area (Å²) < 4.78 is 1.83. The highest BCUT2D eigenvalue weighted by atomic mass is 32.1. The minimum atomic E-state index is 0.142. The molecule has 2 aromatic rings. The van der Waals surface area contributed by atoms with Crippen LogP contribution in [0.4, 0.5) is 5.95 Å². The van der Waals surface area contributed by atoms with Gasteiger partial charge in [0.1, 0.15) is 4.83 Å². The monoisotopic (exact) mass is 334 g/mol. The van der Waals surface area contributed by atoms with Crippen molar-refractivity contribution in [3.8, 4) is 0 Å². The van der Waals surface area contributed by atoms with Crippen LogP contribution in [-0.4, -0.2) is 41.6 Å². The van der Waals surface area contributed by atoms with Crippen LogP contribution >= 0.6 is 11.3 Å². The van der Waals surface area contributed by atoms with E-state index in [1.54, 1.807) is 11.3 Å². The highest BCUT2D eigenvalue weighted by Crippen LogP contribution is 2.34. The van der Waals surface area contributed by atoms with Crippen LogP contribution in [0.15, 0.2) is 4.79 Å². The Labute approximate surface area is 141 Å². The van der Waals surface area contributed by atoms with Crippen LogP contribution in [0.3, 0.4) is 0 Å². The average molecular weight is 334 g/mol. The molecular weight excluding hydrogens is 308 g/mol. The molecule has 2 aromatic heterocycles. The normalized spacial score (nSPS) is 14.4. The first-order valence-corrected chi connectivity index (χ1v) is 9.37. The molecule has 0 fully saturated rings. The van der Waals surface area contributed by atoms with Gasteiger partial charge >= 0.3 is 0 Å². The molecule has 0 aromatic carbocycles. The van der Waals surface area contributed by atoms with Crippen LogP contribution in [0, 0.1) is 0 Å². The van der Waals surface area contributed by atoms with Crippen LogP contribution in [0.2, 0.25) is 0 Å². The summed E-state index contributed by atoms with van der Waals surface area (Å²) >= 11 is 1.72. The zero-order chi connectivity index (χ0) is 16.4. The number of nitrogens with zero attached hydrogens (tertiary/aromatic N) is 3. The van der Waals surface area contributed by atoms with E-state index in [1.165, 1.54) is 23.3 Å². The largest absolute Gasteiger partial charge is 0.354 e. The van der Waals surface area contributed by atoms with E-state index in [9.17, 15) is 4.79 Å². The van der Waals surface area contributed by atoms with Crippen molar-refractivity contribution in [1.82, 2.24) is 14.5 Å². The van der Waals surface area contributed by atoms with E-state index >= 15 is 0 Å². The van der Waals surface area contributed by atoms with Gasteiger partial charge in [0, 0.05) is 24.5 Å². The molecule has 0 unspecified atom stereocenters. The van der Waals surface area contributed by atoms with Crippen molar-refractivity contribution in [2.75, 3.05) is 32.5 Å². The van der Waals surface area contributed by atoms with E-state index in [0.29, 0.717) is 0 Å². The Morgan fingerprint density at radius 1 is 1.30 bits per heavy atom. The number of nitrogens with one attached hydrogen (secondary N) is 1. The number of aryl methyl sites for hydroxylation is 2. The number of fused-ring (bicyclic) bond motifs is 3. The van der Waals surface area contributed by atoms with Gasteiger partial charge in [0.25, 0.3) is 5.56 Å². The lowest BCUT2D eigenvalue weighted by Crippen LogP contribution is -2.28. The third-order valence-corrected chi connectivity index (χ3v) is 5.55. The molecule has 0 aliphatic heterocycles. The fraction of sp³-hybridized carbons (Fsp3) is 0.647. The van der Waals surface area contributed by atoms with Gasteiger partial charge < -0.3 is 10.2 Å². The molecule has 1 aliphatic carbocycles. The van der Waals surface area contributed by atoms with Crippen LogP contribution in [0.5, 0.6) is 0 Å². The van der Waals surface area contributed by atoms with E-state index in [-0.39, 0.29) is 5.56 Å². The lowest BCUT2D eigenvalue weighted by atomic mass is 9.97.